The van der Waals surface area contributed by atoms with Gasteiger partial charge in [0.2, 0.25) is 10.0 Å². The quantitative estimate of drug-likeness (QED) is 0.776. The highest BCUT2D eigenvalue weighted by molar-refractivity contribution is 7.89. The topological polar surface area (TPSA) is 67.4 Å². The minimum atomic E-state index is -4.98. The summed E-state index contributed by atoms with van der Waals surface area (Å²) in [5.74, 6) is -0.760. The van der Waals surface area contributed by atoms with E-state index in [0.717, 1.165) is 29.7 Å². The molecule has 0 fully saturated rings. The Labute approximate surface area is 161 Å². The van der Waals surface area contributed by atoms with Crippen molar-refractivity contribution < 1.29 is 26.3 Å². The summed E-state index contributed by atoms with van der Waals surface area (Å²) in [6.45, 7) is 0.705. The van der Waals surface area contributed by atoms with Gasteiger partial charge < -0.3 is 10.1 Å². The van der Waals surface area contributed by atoms with Crippen LogP contribution in [0.15, 0.2) is 53.4 Å². The molecule has 0 radical (unpaired) electrons. The van der Waals surface area contributed by atoms with Crippen molar-refractivity contribution in [1.82, 2.24) is 10.0 Å². The summed E-state index contributed by atoms with van der Waals surface area (Å²) in [5, 5.41) is 3.21. The first-order valence-electron chi connectivity index (χ1n) is 7.92. The van der Waals surface area contributed by atoms with Crippen LogP contribution in [0.4, 0.5) is 13.2 Å². The van der Waals surface area contributed by atoms with E-state index in [-0.39, 0.29) is 25.0 Å². The highest BCUT2D eigenvalue weighted by Crippen LogP contribution is 2.29. The predicted octanol–water partition coefficient (Wildman–Crippen LogP) is 3.17. The van der Waals surface area contributed by atoms with Gasteiger partial charge in [0.15, 0.2) is 0 Å². The largest absolute Gasteiger partial charge is 0.573 e. The van der Waals surface area contributed by atoms with Gasteiger partial charge in [-0.2, -0.15) is 0 Å². The van der Waals surface area contributed by atoms with Crippen molar-refractivity contribution in [3.05, 3.63) is 59.7 Å². The van der Waals surface area contributed by atoms with Gasteiger partial charge in [0.05, 0.1) is 0 Å². The Morgan fingerprint density at radius 1 is 1.11 bits per heavy atom. The van der Waals surface area contributed by atoms with Gasteiger partial charge in [-0.25, -0.2) is 13.1 Å². The first-order chi connectivity index (χ1) is 12.3. The van der Waals surface area contributed by atoms with Gasteiger partial charge in [0, 0.05) is 12.6 Å². The van der Waals surface area contributed by atoms with Gasteiger partial charge in [-0.1, -0.05) is 36.4 Å². The fourth-order valence-corrected chi connectivity index (χ4v) is 4.10. The maximum Gasteiger partial charge on any atom is 0.573 e. The number of hydrogen-bond donors (Lipinski definition) is 2. The van der Waals surface area contributed by atoms with Crippen LogP contribution in [-0.2, 0) is 16.4 Å². The molecule has 0 saturated heterocycles. The molecule has 0 aliphatic carbocycles. The molecule has 10 heteroatoms. The molecule has 1 aliphatic rings. The number of halogens is 4. The molecule has 27 heavy (non-hydrogen) atoms. The third-order valence-corrected chi connectivity index (χ3v) is 5.52. The number of sulfonamides is 1. The van der Waals surface area contributed by atoms with Gasteiger partial charge in [-0.15, -0.1) is 25.6 Å². The number of para-hydroxylation sites is 1. The lowest BCUT2D eigenvalue weighted by atomic mass is 9.95. The maximum absolute atomic E-state index is 12.5. The van der Waals surface area contributed by atoms with Crippen LogP contribution >= 0.6 is 12.4 Å². The van der Waals surface area contributed by atoms with Crippen LogP contribution < -0.4 is 14.8 Å². The van der Waals surface area contributed by atoms with Crippen LogP contribution in [0.3, 0.4) is 0 Å². The van der Waals surface area contributed by atoms with Crippen LogP contribution in [0.2, 0.25) is 0 Å². The van der Waals surface area contributed by atoms with E-state index in [0.29, 0.717) is 6.54 Å². The molecule has 1 heterocycles. The van der Waals surface area contributed by atoms with Crippen molar-refractivity contribution in [2.24, 2.45) is 0 Å². The van der Waals surface area contributed by atoms with Crippen LogP contribution in [0, 0.1) is 0 Å². The average molecular weight is 423 g/mol. The van der Waals surface area contributed by atoms with Crippen molar-refractivity contribution in [2.75, 3.05) is 13.1 Å². The lowest BCUT2D eigenvalue weighted by Gasteiger charge is -2.27. The Kier molecular flexibility index (Phi) is 6.74. The molecule has 148 valence electrons. The minimum absolute atomic E-state index is 0. The Hall–Kier alpha value is -1.81. The normalized spacial score (nSPS) is 16.9. The molecule has 0 spiro atoms. The first kappa shape index (κ1) is 21.5. The Morgan fingerprint density at radius 3 is 2.52 bits per heavy atom. The van der Waals surface area contributed by atoms with E-state index in [4.69, 9.17) is 0 Å². The summed E-state index contributed by atoms with van der Waals surface area (Å²) in [7, 11) is -4.18. The molecule has 2 N–H and O–H groups in total. The molecular formula is C17H18ClF3N2O3S. The lowest BCUT2D eigenvalue weighted by molar-refractivity contribution is -0.275. The van der Waals surface area contributed by atoms with Crippen LogP contribution in [-0.4, -0.2) is 27.9 Å². The third-order valence-electron chi connectivity index (χ3n) is 4.06. The van der Waals surface area contributed by atoms with E-state index in [1.165, 1.54) is 12.1 Å². The van der Waals surface area contributed by atoms with Gasteiger partial charge in [0.1, 0.15) is 10.6 Å². The number of alkyl halides is 3. The molecule has 0 saturated carbocycles. The van der Waals surface area contributed by atoms with Crippen molar-refractivity contribution in [2.45, 2.75) is 23.7 Å². The predicted molar refractivity (Wildman–Crippen MR) is 96.5 cm³/mol. The average Bonchev–Trinajstić information content (AvgIpc) is 2.59. The summed E-state index contributed by atoms with van der Waals surface area (Å²) in [6.07, 6.45) is -4.14. The second-order valence-electron chi connectivity index (χ2n) is 5.80. The molecule has 0 aromatic heterocycles. The minimum Gasteiger partial charge on any atom is -0.404 e. The monoisotopic (exact) mass is 422 g/mol. The highest BCUT2D eigenvalue weighted by atomic mass is 35.5. The van der Waals surface area contributed by atoms with Gasteiger partial charge >= 0.3 is 6.36 Å². The van der Waals surface area contributed by atoms with Crippen LogP contribution in [0.25, 0.3) is 0 Å². The molecular weight excluding hydrogens is 405 g/mol. The lowest BCUT2D eigenvalue weighted by Crippen LogP contribution is -2.39. The number of rotatable bonds is 5. The molecule has 3 rings (SSSR count). The zero-order valence-electron chi connectivity index (χ0n) is 14.0. The molecule has 1 atom stereocenters. The van der Waals surface area contributed by atoms with E-state index in [1.807, 2.05) is 24.3 Å². The van der Waals surface area contributed by atoms with E-state index < -0.39 is 27.0 Å². The van der Waals surface area contributed by atoms with Crippen molar-refractivity contribution in [1.29, 1.82) is 0 Å². The fraction of sp³-hybridized carbons (Fsp3) is 0.294. The number of ether oxygens (including phenoxy) is 1. The Bertz CT molecular complexity index is 891. The molecule has 2 aromatic rings. The van der Waals surface area contributed by atoms with E-state index >= 15 is 0 Å². The van der Waals surface area contributed by atoms with Crippen molar-refractivity contribution >= 4 is 22.4 Å². The summed E-state index contributed by atoms with van der Waals surface area (Å²) in [6, 6.07) is 12.1. The molecule has 5 nitrogen and oxygen atoms in total. The molecule has 0 bridgehead atoms. The maximum atomic E-state index is 12.5. The number of nitrogens with one attached hydrogen (secondary N) is 2. The van der Waals surface area contributed by atoms with E-state index in [9.17, 15) is 21.6 Å². The Morgan fingerprint density at radius 2 is 1.78 bits per heavy atom. The highest BCUT2D eigenvalue weighted by Gasteiger charge is 2.34. The van der Waals surface area contributed by atoms with E-state index in [1.54, 1.807) is 0 Å². The second-order valence-corrected chi connectivity index (χ2v) is 7.54. The van der Waals surface area contributed by atoms with Crippen molar-refractivity contribution in [3.63, 3.8) is 0 Å². The molecule has 2 aromatic carbocycles. The summed E-state index contributed by atoms with van der Waals surface area (Å²) < 4.78 is 68.7. The van der Waals surface area contributed by atoms with Crippen LogP contribution in [0.1, 0.15) is 17.2 Å². The smallest absolute Gasteiger partial charge is 0.404 e. The first-order valence-corrected chi connectivity index (χ1v) is 9.40. The number of hydrogen-bond acceptors (Lipinski definition) is 4. The summed E-state index contributed by atoms with van der Waals surface area (Å²) in [5.41, 5.74) is 2.09. The SMILES string of the molecule is Cl.O=S(=O)(NCC1NCCc2ccccc21)c1ccccc1OC(F)(F)F. The zero-order valence-corrected chi connectivity index (χ0v) is 15.6. The van der Waals surface area contributed by atoms with E-state index in [2.05, 4.69) is 14.8 Å². The summed E-state index contributed by atoms with van der Waals surface area (Å²) >= 11 is 0. The molecule has 1 aliphatic heterocycles. The van der Waals surface area contributed by atoms with Gasteiger partial charge in [-0.05, 0) is 36.2 Å². The van der Waals surface area contributed by atoms with Gasteiger partial charge in [-0.3, -0.25) is 0 Å². The second kappa shape index (κ2) is 8.47. The standard InChI is InChI=1S/C17H17F3N2O3S.ClH/c18-17(19,20)25-15-7-3-4-8-16(15)26(23,24)22-11-14-13-6-2-1-5-12(13)9-10-21-14;/h1-8,14,21-22H,9-11H2;1H. The van der Waals surface area contributed by atoms with Crippen LogP contribution in [0.5, 0.6) is 5.75 Å². The molecule has 0 amide bonds. The third kappa shape index (κ3) is 5.35. The van der Waals surface area contributed by atoms with Gasteiger partial charge in [0.25, 0.3) is 0 Å². The van der Waals surface area contributed by atoms with Crippen molar-refractivity contribution in [3.8, 4) is 5.75 Å². The fourth-order valence-electron chi connectivity index (χ4n) is 2.93. The zero-order chi connectivity index (χ0) is 18.8. The summed E-state index contributed by atoms with van der Waals surface area (Å²) in [4.78, 5) is -0.554. The molecule has 1 unspecified atom stereocenters. The Balaban J connectivity index is 0.00000261. The number of fused-ring (bicyclic) bond motifs is 1. The number of benzene rings is 2.